The number of hydrogen-bond donors (Lipinski definition) is 0. The van der Waals surface area contributed by atoms with Crippen LogP contribution >= 0.6 is 11.6 Å². The van der Waals surface area contributed by atoms with E-state index in [1.165, 1.54) is 7.11 Å². The Morgan fingerprint density at radius 2 is 2.18 bits per heavy atom. The summed E-state index contributed by atoms with van der Waals surface area (Å²) in [4.78, 5) is 26.1. The molecule has 5 heteroatoms. The van der Waals surface area contributed by atoms with Gasteiger partial charge in [0.1, 0.15) is 5.15 Å². The second-order valence-electron chi connectivity index (χ2n) is 3.39. The number of methoxy groups -OCH3 is 1. The lowest BCUT2D eigenvalue weighted by atomic mass is 10.1. The predicted molar refractivity (Wildman–Crippen MR) is 63.5 cm³/mol. The molecule has 0 aliphatic rings. The van der Waals surface area contributed by atoms with Crippen molar-refractivity contribution < 1.29 is 14.3 Å². The highest BCUT2D eigenvalue weighted by Gasteiger charge is 2.08. The third kappa shape index (κ3) is 2.12. The SMILES string of the molecule is COC(=O)c1ccc2nc(Cl)c(C=O)cc2c1. The van der Waals surface area contributed by atoms with Crippen LogP contribution in [0.15, 0.2) is 24.3 Å². The minimum Gasteiger partial charge on any atom is -0.465 e. The van der Waals surface area contributed by atoms with Crippen LogP contribution in [0, 0.1) is 0 Å². The van der Waals surface area contributed by atoms with Gasteiger partial charge in [0.25, 0.3) is 0 Å². The number of halogens is 1. The maximum Gasteiger partial charge on any atom is 0.337 e. The number of carbonyl (C=O) groups excluding carboxylic acids is 2. The lowest BCUT2D eigenvalue weighted by Crippen LogP contribution is -2.01. The monoisotopic (exact) mass is 249 g/mol. The molecule has 0 saturated heterocycles. The van der Waals surface area contributed by atoms with Crippen LogP contribution in [0.2, 0.25) is 5.15 Å². The largest absolute Gasteiger partial charge is 0.465 e. The van der Waals surface area contributed by atoms with Crippen molar-refractivity contribution in [3.05, 3.63) is 40.5 Å². The Hall–Kier alpha value is -1.94. The number of ether oxygens (including phenoxy) is 1. The number of rotatable bonds is 2. The number of pyridine rings is 1. The summed E-state index contributed by atoms with van der Waals surface area (Å²) in [6, 6.07) is 6.45. The zero-order valence-electron chi connectivity index (χ0n) is 8.94. The fourth-order valence-electron chi connectivity index (χ4n) is 1.50. The second kappa shape index (κ2) is 4.51. The van der Waals surface area contributed by atoms with Crippen LogP contribution in [0.3, 0.4) is 0 Å². The summed E-state index contributed by atoms with van der Waals surface area (Å²) in [6.45, 7) is 0. The first-order valence-corrected chi connectivity index (χ1v) is 5.17. The van der Waals surface area contributed by atoms with Gasteiger partial charge in [-0.3, -0.25) is 4.79 Å². The van der Waals surface area contributed by atoms with E-state index in [0.29, 0.717) is 28.3 Å². The van der Waals surface area contributed by atoms with Crippen molar-refractivity contribution in [2.24, 2.45) is 0 Å². The molecule has 0 aliphatic heterocycles. The first kappa shape index (κ1) is 11.5. The maximum atomic E-state index is 11.3. The molecule has 17 heavy (non-hydrogen) atoms. The highest BCUT2D eigenvalue weighted by atomic mass is 35.5. The number of carbonyl (C=O) groups is 2. The van der Waals surface area contributed by atoms with Crippen LogP contribution in [0.4, 0.5) is 0 Å². The number of esters is 1. The molecule has 0 atom stereocenters. The smallest absolute Gasteiger partial charge is 0.337 e. The van der Waals surface area contributed by atoms with Gasteiger partial charge in [0.15, 0.2) is 6.29 Å². The van der Waals surface area contributed by atoms with Crippen molar-refractivity contribution in [1.82, 2.24) is 4.98 Å². The van der Waals surface area contributed by atoms with Gasteiger partial charge < -0.3 is 4.74 Å². The molecular formula is C12H8ClNO3. The Labute approximate surface area is 102 Å². The van der Waals surface area contributed by atoms with Crippen molar-refractivity contribution in [1.29, 1.82) is 0 Å². The van der Waals surface area contributed by atoms with E-state index in [-0.39, 0.29) is 5.15 Å². The quantitative estimate of drug-likeness (QED) is 0.466. The third-order valence-corrected chi connectivity index (χ3v) is 2.65. The first-order chi connectivity index (χ1) is 8.15. The van der Waals surface area contributed by atoms with Crippen molar-refractivity contribution >= 4 is 34.8 Å². The lowest BCUT2D eigenvalue weighted by molar-refractivity contribution is 0.0601. The minimum absolute atomic E-state index is 0.151. The minimum atomic E-state index is -0.436. The molecule has 0 aliphatic carbocycles. The second-order valence-corrected chi connectivity index (χ2v) is 3.74. The van der Waals surface area contributed by atoms with E-state index in [0.717, 1.165) is 0 Å². The van der Waals surface area contributed by atoms with Crippen LogP contribution in [-0.2, 0) is 4.74 Å². The lowest BCUT2D eigenvalue weighted by Gasteiger charge is -2.03. The Morgan fingerprint density at radius 3 is 2.82 bits per heavy atom. The predicted octanol–water partition coefficient (Wildman–Crippen LogP) is 2.49. The van der Waals surface area contributed by atoms with Gasteiger partial charge in [-0.05, 0) is 24.3 Å². The Bertz CT molecular complexity index is 610. The van der Waals surface area contributed by atoms with Crippen molar-refractivity contribution in [3.8, 4) is 0 Å². The summed E-state index contributed by atoms with van der Waals surface area (Å²) in [5, 5.41) is 0.817. The molecule has 1 aromatic heterocycles. The van der Waals surface area contributed by atoms with Gasteiger partial charge in [-0.2, -0.15) is 0 Å². The van der Waals surface area contributed by atoms with E-state index in [1.54, 1.807) is 24.3 Å². The summed E-state index contributed by atoms with van der Waals surface area (Å²) in [6.07, 6.45) is 0.625. The summed E-state index contributed by atoms with van der Waals surface area (Å²) in [5.41, 5.74) is 1.32. The van der Waals surface area contributed by atoms with Crippen molar-refractivity contribution in [2.75, 3.05) is 7.11 Å². The summed E-state index contributed by atoms with van der Waals surface area (Å²) in [7, 11) is 1.31. The molecule has 0 saturated carbocycles. The summed E-state index contributed by atoms with van der Waals surface area (Å²) < 4.78 is 4.61. The fourth-order valence-corrected chi connectivity index (χ4v) is 1.69. The van der Waals surface area contributed by atoms with Gasteiger partial charge in [-0.25, -0.2) is 9.78 Å². The zero-order chi connectivity index (χ0) is 12.4. The third-order valence-electron chi connectivity index (χ3n) is 2.34. The Balaban J connectivity index is 2.64. The molecule has 0 radical (unpaired) electrons. The van der Waals surface area contributed by atoms with Gasteiger partial charge in [-0.1, -0.05) is 11.6 Å². The summed E-state index contributed by atoms with van der Waals surface area (Å²) >= 11 is 5.80. The number of aldehydes is 1. The number of nitrogens with zero attached hydrogens (tertiary/aromatic N) is 1. The average molecular weight is 250 g/mol. The van der Waals surface area contributed by atoms with E-state index in [1.807, 2.05) is 0 Å². The first-order valence-electron chi connectivity index (χ1n) is 4.79. The maximum absolute atomic E-state index is 11.3. The molecule has 0 fully saturated rings. The molecule has 4 nitrogen and oxygen atoms in total. The zero-order valence-corrected chi connectivity index (χ0v) is 9.69. The van der Waals surface area contributed by atoms with E-state index in [9.17, 15) is 9.59 Å². The van der Waals surface area contributed by atoms with Gasteiger partial charge in [0, 0.05) is 5.39 Å². The van der Waals surface area contributed by atoms with Gasteiger partial charge >= 0.3 is 5.97 Å². The number of aromatic nitrogens is 1. The molecule has 2 rings (SSSR count). The molecule has 0 unspecified atom stereocenters. The van der Waals surface area contributed by atoms with Crippen molar-refractivity contribution in [3.63, 3.8) is 0 Å². The van der Waals surface area contributed by atoms with Crippen LogP contribution in [0.25, 0.3) is 10.9 Å². The molecule has 86 valence electrons. The van der Waals surface area contributed by atoms with E-state index < -0.39 is 5.97 Å². The van der Waals surface area contributed by atoms with Crippen LogP contribution in [0.1, 0.15) is 20.7 Å². The topological polar surface area (TPSA) is 56.3 Å². The van der Waals surface area contributed by atoms with Gasteiger partial charge in [-0.15, -0.1) is 0 Å². The highest BCUT2D eigenvalue weighted by molar-refractivity contribution is 6.32. The van der Waals surface area contributed by atoms with E-state index >= 15 is 0 Å². The van der Waals surface area contributed by atoms with E-state index in [4.69, 9.17) is 11.6 Å². The van der Waals surface area contributed by atoms with Crippen LogP contribution in [0.5, 0.6) is 0 Å². The molecule has 0 bridgehead atoms. The molecule has 2 aromatic rings. The molecule has 1 aromatic carbocycles. The Kier molecular flexibility index (Phi) is 3.06. The standard InChI is InChI=1S/C12H8ClNO3/c1-17-12(16)7-2-3-10-8(4-7)5-9(6-15)11(13)14-10/h2-6H,1H3. The summed E-state index contributed by atoms with van der Waals surface area (Å²) in [5.74, 6) is -0.436. The fraction of sp³-hybridized carbons (Fsp3) is 0.0833. The average Bonchev–Trinajstić information content (AvgIpc) is 2.36. The molecule has 0 amide bonds. The van der Waals surface area contributed by atoms with Crippen LogP contribution in [-0.4, -0.2) is 24.3 Å². The van der Waals surface area contributed by atoms with E-state index in [2.05, 4.69) is 9.72 Å². The molecule has 1 heterocycles. The number of hydrogen-bond acceptors (Lipinski definition) is 4. The number of fused-ring (bicyclic) bond motifs is 1. The normalized spacial score (nSPS) is 10.2. The molecular weight excluding hydrogens is 242 g/mol. The molecule has 0 spiro atoms. The highest BCUT2D eigenvalue weighted by Crippen LogP contribution is 2.20. The number of benzene rings is 1. The van der Waals surface area contributed by atoms with Gasteiger partial charge in [0.2, 0.25) is 0 Å². The Morgan fingerprint density at radius 1 is 1.41 bits per heavy atom. The van der Waals surface area contributed by atoms with Gasteiger partial charge in [0.05, 0.1) is 23.8 Å². The van der Waals surface area contributed by atoms with Crippen LogP contribution < -0.4 is 0 Å². The van der Waals surface area contributed by atoms with Crippen molar-refractivity contribution in [2.45, 2.75) is 0 Å². The molecule has 0 N–H and O–H groups in total.